The highest BCUT2D eigenvalue weighted by Crippen LogP contribution is 2.15. The second kappa shape index (κ2) is 6.49. The van der Waals surface area contributed by atoms with Crippen molar-refractivity contribution in [2.75, 3.05) is 18.9 Å². The van der Waals surface area contributed by atoms with Crippen LogP contribution in [-0.2, 0) is 4.79 Å². The van der Waals surface area contributed by atoms with E-state index in [1.54, 1.807) is 19.3 Å². The summed E-state index contributed by atoms with van der Waals surface area (Å²) >= 11 is 0. The van der Waals surface area contributed by atoms with E-state index in [2.05, 4.69) is 20.6 Å². The molecule has 5 nitrogen and oxygen atoms in total. The molecule has 0 aliphatic carbocycles. The van der Waals surface area contributed by atoms with E-state index in [0.717, 1.165) is 11.4 Å². The number of nitrogens with one attached hydrogen (secondary N) is 2. The fraction of sp³-hybridized carbons (Fsp3) is 0.214. The maximum Gasteiger partial charge on any atom is 0.221 e. The van der Waals surface area contributed by atoms with Crippen LogP contribution in [0.3, 0.4) is 0 Å². The summed E-state index contributed by atoms with van der Waals surface area (Å²) in [6.07, 6.45) is 2.12. The quantitative estimate of drug-likeness (QED) is 0.854. The second-order valence-corrected chi connectivity index (χ2v) is 3.98. The fourth-order valence-electron chi connectivity index (χ4n) is 1.61. The molecule has 98 valence electrons. The van der Waals surface area contributed by atoms with Crippen molar-refractivity contribution in [3.05, 3.63) is 42.6 Å². The standard InChI is InChI=1S/C14H16N4O/c1-15-13(19)8-10-16-12-7-9-17-14(18-12)11-5-3-2-4-6-11/h2-7,9H,8,10H2,1H3,(H,15,19)(H,16,17,18). The van der Waals surface area contributed by atoms with Gasteiger partial charge in [-0.25, -0.2) is 9.97 Å². The van der Waals surface area contributed by atoms with Crippen LogP contribution in [0.5, 0.6) is 0 Å². The van der Waals surface area contributed by atoms with Crippen molar-refractivity contribution in [2.24, 2.45) is 0 Å². The molecule has 0 bridgehead atoms. The van der Waals surface area contributed by atoms with E-state index < -0.39 is 0 Å². The third-order valence-corrected chi connectivity index (χ3v) is 2.62. The molecule has 1 aromatic heterocycles. The summed E-state index contributed by atoms with van der Waals surface area (Å²) in [6.45, 7) is 0.547. The average Bonchev–Trinajstić information content (AvgIpc) is 2.48. The zero-order valence-electron chi connectivity index (χ0n) is 10.8. The first-order valence-electron chi connectivity index (χ1n) is 6.12. The second-order valence-electron chi connectivity index (χ2n) is 3.98. The van der Waals surface area contributed by atoms with E-state index in [1.165, 1.54) is 0 Å². The van der Waals surface area contributed by atoms with E-state index in [4.69, 9.17) is 0 Å². The summed E-state index contributed by atoms with van der Waals surface area (Å²) in [6, 6.07) is 11.6. The molecule has 5 heteroatoms. The number of anilines is 1. The largest absolute Gasteiger partial charge is 0.369 e. The molecule has 0 aliphatic rings. The van der Waals surface area contributed by atoms with Gasteiger partial charge in [-0.05, 0) is 6.07 Å². The molecule has 0 fully saturated rings. The Morgan fingerprint density at radius 3 is 2.74 bits per heavy atom. The number of amides is 1. The zero-order valence-corrected chi connectivity index (χ0v) is 10.8. The van der Waals surface area contributed by atoms with Crippen LogP contribution in [0.25, 0.3) is 11.4 Å². The monoisotopic (exact) mass is 256 g/mol. The Morgan fingerprint density at radius 1 is 1.21 bits per heavy atom. The number of hydrogen-bond acceptors (Lipinski definition) is 4. The third kappa shape index (κ3) is 3.77. The van der Waals surface area contributed by atoms with Gasteiger partial charge in [-0.3, -0.25) is 4.79 Å². The summed E-state index contributed by atoms with van der Waals surface area (Å²) in [7, 11) is 1.63. The predicted octanol–water partition coefficient (Wildman–Crippen LogP) is 1.69. The third-order valence-electron chi connectivity index (χ3n) is 2.62. The Balaban J connectivity index is 2.02. The summed E-state index contributed by atoms with van der Waals surface area (Å²) < 4.78 is 0. The molecule has 2 aromatic rings. The summed E-state index contributed by atoms with van der Waals surface area (Å²) in [5.74, 6) is 1.40. The molecule has 0 radical (unpaired) electrons. The van der Waals surface area contributed by atoms with Crippen molar-refractivity contribution in [1.82, 2.24) is 15.3 Å². The Kier molecular flexibility index (Phi) is 4.44. The molecular formula is C14H16N4O. The minimum Gasteiger partial charge on any atom is -0.369 e. The van der Waals surface area contributed by atoms with Crippen molar-refractivity contribution in [3.63, 3.8) is 0 Å². The lowest BCUT2D eigenvalue weighted by Crippen LogP contribution is -2.21. The summed E-state index contributed by atoms with van der Waals surface area (Å²) in [4.78, 5) is 19.8. The maximum atomic E-state index is 11.1. The molecule has 0 aliphatic heterocycles. The van der Waals surface area contributed by atoms with Gasteiger partial charge in [0.15, 0.2) is 5.82 Å². The Hall–Kier alpha value is -2.43. The molecule has 2 rings (SSSR count). The van der Waals surface area contributed by atoms with E-state index in [9.17, 15) is 4.79 Å². The van der Waals surface area contributed by atoms with Gasteiger partial charge in [-0.15, -0.1) is 0 Å². The molecule has 1 amide bonds. The Labute approximate surface area is 112 Å². The normalized spacial score (nSPS) is 9.95. The Morgan fingerprint density at radius 2 is 2.00 bits per heavy atom. The van der Waals surface area contributed by atoms with Crippen LogP contribution >= 0.6 is 0 Å². The van der Waals surface area contributed by atoms with Crippen LogP contribution in [0.4, 0.5) is 5.82 Å². The highest BCUT2D eigenvalue weighted by atomic mass is 16.1. The van der Waals surface area contributed by atoms with Crippen LogP contribution in [-0.4, -0.2) is 29.5 Å². The molecule has 2 N–H and O–H groups in total. The lowest BCUT2D eigenvalue weighted by molar-refractivity contribution is -0.120. The zero-order chi connectivity index (χ0) is 13.5. The Bertz CT molecular complexity index is 542. The lowest BCUT2D eigenvalue weighted by atomic mass is 10.2. The molecular weight excluding hydrogens is 240 g/mol. The minimum absolute atomic E-state index is 0.00448. The first-order chi connectivity index (χ1) is 9.29. The van der Waals surface area contributed by atoms with E-state index >= 15 is 0 Å². The minimum atomic E-state index is 0.00448. The summed E-state index contributed by atoms with van der Waals surface area (Å²) in [5, 5.41) is 5.68. The fourth-order valence-corrected chi connectivity index (χ4v) is 1.61. The molecule has 0 spiro atoms. The maximum absolute atomic E-state index is 11.1. The number of aromatic nitrogens is 2. The number of hydrogen-bond donors (Lipinski definition) is 2. The lowest BCUT2D eigenvalue weighted by Gasteiger charge is -2.06. The van der Waals surface area contributed by atoms with Gasteiger partial charge in [0.1, 0.15) is 5.82 Å². The number of carbonyl (C=O) groups is 1. The number of rotatable bonds is 5. The molecule has 19 heavy (non-hydrogen) atoms. The molecule has 1 heterocycles. The summed E-state index contributed by atoms with van der Waals surface area (Å²) in [5.41, 5.74) is 0.970. The van der Waals surface area contributed by atoms with Gasteiger partial charge in [0.25, 0.3) is 0 Å². The molecule has 0 atom stereocenters. The first kappa shape index (κ1) is 13.0. The highest BCUT2D eigenvalue weighted by molar-refractivity contribution is 5.76. The van der Waals surface area contributed by atoms with E-state index in [0.29, 0.717) is 18.8 Å². The number of carbonyl (C=O) groups excluding carboxylic acids is 1. The highest BCUT2D eigenvalue weighted by Gasteiger charge is 2.02. The van der Waals surface area contributed by atoms with E-state index in [-0.39, 0.29) is 5.91 Å². The van der Waals surface area contributed by atoms with Gasteiger partial charge in [0.2, 0.25) is 5.91 Å². The van der Waals surface area contributed by atoms with Gasteiger partial charge in [0, 0.05) is 31.8 Å². The number of benzene rings is 1. The predicted molar refractivity (Wildman–Crippen MR) is 74.6 cm³/mol. The SMILES string of the molecule is CNC(=O)CCNc1ccnc(-c2ccccc2)n1. The van der Waals surface area contributed by atoms with Gasteiger partial charge in [-0.1, -0.05) is 30.3 Å². The smallest absolute Gasteiger partial charge is 0.221 e. The van der Waals surface area contributed by atoms with Gasteiger partial charge in [-0.2, -0.15) is 0 Å². The van der Waals surface area contributed by atoms with Crippen molar-refractivity contribution >= 4 is 11.7 Å². The van der Waals surface area contributed by atoms with Crippen LogP contribution in [0.2, 0.25) is 0 Å². The van der Waals surface area contributed by atoms with Gasteiger partial charge < -0.3 is 10.6 Å². The topological polar surface area (TPSA) is 66.9 Å². The molecule has 1 aromatic carbocycles. The van der Waals surface area contributed by atoms with Crippen molar-refractivity contribution < 1.29 is 4.79 Å². The van der Waals surface area contributed by atoms with Crippen molar-refractivity contribution in [1.29, 1.82) is 0 Å². The van der Waals surface area contributed by atoms with Crippen LogP contribution in [0, 0.1) is 0 Å². The molecule has 0 saturated carbocycles. The van der Waals surface area contributed by atoms with Crippen LogP contribution in [0.1, 0.15) is 6.42 Å². The van der Waals surface area contributed by atoms with Crippen molar-refractivity contribution in [3.8, 4) is 11.4 Å². The van der Waals surface area contributed by atoms with Crippen LogP contribution < -0.4 is 10.6 Å². The van der Waals surface area contributed by atoms with Gasteiger partial charge >= 0.3 is 0 Å². The van der Waals surface area contributed by atoms with Crippen molar-refractivity contribution in [2.45, 2.75) is 6.42 Å². The molecule has 0 unspecified atom stereocenters. The van der Waals surface area contributed by atoms with Crippen LogP contribution in [0.15, 0.2) is 42.6 Å². The van der Waals surface area contributed by atoms with E-state index in [1.807, 2.05) is 30.3 Å². The number of nitrogens with zero attached hydrogens (tertiary/aromatic N) is 2. The van der Waals surface area contributed by atoms with Gasteiger partial charge in [0.05, 0.1) is 0 Å². The molecule has 0 saturated heterocycles. The average molecular weight is 256 g/mol. The first-order valence-corrected chi connectivity index (χ1v) is 6.12.